The smallest absolute Gasteiger partial charge is 0.0143 e. The minimum absolute atomic E-state index is 0.680. The molecule has 3 fully saturated rings. The second kappa shape index (κ2) is 2.70. The van der Waals surface area contributed by atoms with Crippen LogP contribution in [0.1, 0.15) is 59.8 Å². The van der Waals surface area contributed by atoms with Gasteiger partial charge in [0.2, 0.25) is 0 Å². The van der Waals surface area contributed by atoms with Crippen LogP contribution in [0.15, 0.2) is 11.1 Å². The van der Waals surface area contributed by atoms with Crippen molar-refractivity contribution in [3.63, 3.8) is 0 Å². The van der Waals surface area contributed by atoms with Gasteiger partial charge in [0.1, 0.15) is 0 Å². The average Bonchev–Trinajstić information content (AvgIpc) is 2.44. The van der Waals surface area contributed by atoms with E-state index in [0.29, 0.717) is 10.8 Å². The topological polar surface area (TPSA) is 0 Å². The number of allylic oxidation sites excluding steroid dienone is 2. The summed E-state index contributed by atoms with van der Waals surface area (Å²) in [7, 11) is 0. The SMILES string of the molecule is CC(C)=C1C[C@H]2[C@@]3(C)CC[C@@H]1[C@]2(C)CC3. The maximum Gasteiger partial charge on any atom is -0.0143 e. The van der Waals surface area contributed by atoms with Gasteiger partial charge in [0.25, 0.3) is 0 Å². The van der Waals surface area contributed by atoms with Crippen molar-refractivity contribution in [2.24, 2.45) is 22.7 Å². The van der Waals surface area contributed by atoms with Crippen molar-refractivity contribution in [1.82, 2.24) is 0 Å². The lowest BCUT2D eigenvalue weighted by atomic mass is 9.62. The van der Waals surface area contributed by atoms with Crippen LogP contribution in [0.5, 0.6) is 0 Å². The highest BCUT2D eigenvalue weighted by Crippen LogP contribution is 2.72. The number of hydrogen-bond donors (Lipinski definition) is 0. The predicted molar refractivity (Wildman–Crippen MR) is 64.7 cm³/mol. The highest BCUT2D eigenvalue weighted by Gasteiger charge is 2.62. The van der Waals surface area contributed by atoms with Gasteiger partial charge in [-0.2, -0.15) is 0 Å². The highest BCUT2D eigenvalue weighted by atomic mass is 14.7. The Balaban J connectivity index is 2.10. The molecule has 0 nitrogen and oxygen atoms in total. The predicted octanol–water partition coefficient (Wildman–Crippen LogP) is 4.56. The number of hydrogen-bond acceptors (Lipinski definition) is 0. The van der Waals surface area contributed by atoms with Gasteiger partial charge in [-0.15, -0.1) is 0 Å². The molecule has 3 aliphatic carbocycles. The van der Waals surface area contributed by atoms with E-state index < -0.39 is 0 Å². The fourth-order valence-corrected chi connectivity index (χ4v) is 5.19. The largest absolute Gasteiger partial charge is 0.0769 e. The Morgan fingerprint density at radius 2 is 1.87 bits per heavy atom. The van der Waals surface area contributed by atoms with E-state index in [4.69, 9.17) is 0 Å². The summed E-state index contributed by atoms with van der Waals surface area (Å²) in [6.45, 7) is 9.81. The van der Waals surface area contributed by atoms with E-state index in [1.165, 1.54) is 32.1 Å². The van der Waals surface area contributed by atoms with Crippen LogP contribution in [0, 0.1) is 22.7 Å². The number of rotatable bonds is 0. The molecular weight excluding hydrogens is 180 g/mol. The second-order valence-corrected chi connectivity index (χ2v) is 7.03. The Bertz CT molecular complexity index is 334. The third-order valence-electron chi connectivity index (χ3n) is 6.16. The molecule has 3 aliphatic rings. The molecule has 0 unspecified atom stereocenters. The molecule has 0 aromatic heterocycles. The van der Waals surface area contributed by atoms with Crippen LogP contribution in [0.4, 0.5) is 0 Å². The summed E-state index contributed by atoms with van der Waals surface area (Å²) in [5.74, 6) is 1.96. The van der Waals surface area contributed by atoms with Crippen molar-refractivity contribution < 1.29 is 0 Å². The summed E-state index contributed by atoms with van der Waals surface area (Å²) in [5.41, 5.74) is 4.84. The van der Waals surface area contributed by atoms with Crippen molar-refractivity contribution >= 4 is 0 Å². The molecule has 0 radical (unpaired) electrons. The van der Waals surface area contributed by atoms with Crippen molar-refractivity contribution in [2.45, 2.75) is 59.8 Å². The summed E-state index contributed by atoms with van der Waals surface area (Å²) in [4.78, 5) is 0. The van der Waals surface area contributed by atoms with Crippen LogP contribution >= 0.6 is 0 Å². The van der Waals surface area contributed by atoms with Crippen molar-refractivity contribution in [3.8, 4) is 0 Å². The Morgan fingerprint density at radius 1 is 1.13 bits per heavy atom. The molecule has 0 heterocycles. The van der Waals surface area contributed by atoms with Gasteiger partial charge in [0, 0.05) is 0 Å². The molecule has 84 valence electrons. The molecule has 0 aromatic carbocycles. The Kier molecular flexibility index (Phi) is 1.79. The Hall–Kier alpha value is -0.260. The van der Waals surface area contributed by atoms with Crippen LogP contribution in [0.2, 0.25) is 0 Å². The van der Waals surface area contributed by atoms with E-state index >= 15 is 0 Å². The zero-order valence-electron chi connectivity index (χ0n) is 10.7. The molecule has 4 bridgehead atoms. The quantitative estimate of drug-likeness (QED) is 0.507. The third kappa shape index (κ3) is 1.04. The summed E-state index contributed by atoms with van der Waals surface area (Å²) < 4.78 is 0. The Labute approximate surface area is 94.1 Å². The van der Waals surface area contributed by atoms with Gasteiger partial charge in [0.05, 0.1) is 0 Å². The van der Waals surface area contributed by atoms with E-state index in [0.717, 1.165) is 11.8 Å². The first kappa shape index (κ1) is 9.93. The monoisotopic (exact) mass is 204 g/mol. The second-order valence-electron chi connectivity index (χ2n) is 7.03. The average molecular weight is 204 g/mol. The maximum atomic E-state index is 2.59. The molecule has 15 heavy (non-hydrogen) atoms. The third-order valence-corrected chi connectivity index (χ3v) is 6.16. The molecule has 0 heteroatoms. The van der Waals surface area contributed by atoms with Crippen molar-refractivity contribution in [2.75, 3.05) is 0 Å². The first-order chi connectivity index (χ1) is 6.97. The van der Waals surface area contributed by atoms with Gasteiger partial charge in [-0.25, -0.2) is 0 Å². The minimum Gasteiger partial charge on any atom is -0.0769 e. The summed E-state index contributed by atoms with van der Waals surface area (Å²) >= 11 is 0. The highest BCUT2D eigenvalue weighted by molar-refractivity contribution is 5.29. The normalized spacial score (nSPS) is 52.4. The standard InChI is InChI=1S/C15H24/c1-10(2)11-9-13-14(3)6-5-12(11)15(13,4)8-7-14/h12-13H,5-9H2,1-4H3/t12-,13-,14-,15-/m0/s1. The molecule has 0 N–H and O–H groups in total. The molecule has 0 aromatic rings. The van der Waals surface area contributed by atoms with Crippen LogP contribution in [0.25, 0.3) is 0 Å². The zero-order chi connectivity index (χ0) is 10.8. The van der Waals surface area contributed by atoms with Gasteiger partial charge in [0.15, 0.2) is 0 Å². The lowest BCUT2D eigenvalue weighted by Crippen LogP contribution is -2.35. The van der Waals surface area contributed by atoms with Crippen LogP contribution < -0.4 is 0 Å². The summed E-state index contributed by atoms with van der Waals surface area (Å²) in [6.07, 6.45) is 7.40. The van der Waals surface area contributed by atoms with Gasteiger partial charge in [-0.05, 0) is 68.6 Å². The van der Waals surface area contributed by atoms with E-state index in [1.54, 1.807) is 5.57 Å². The van der Waals surface area contributed by atoms with E-state index in [1.807, 2.05) is 5.57 Å². The molecule has 0 saturated heterocycles. The Morgan fingerprint density at radius 3 is 2.47 bits per heavy atom. The van der Waals surface area contributed by atoms with E-state index in [2.05, 4.69) is 27.7 Å². The fraction of sp³-hybridized carbons (Fsp3) is 0.867. The molecule has 0 amide bonds. The summed E-state index contributed by atoms with van der Waals surface area (Å²) in [6, 6.07) is 0. The molecule has 3 rings (SSSR count). The van der Waals surface area contributed by atoms with Gasteiger partial charge in [-0.1, -0.05) is 25.0 Å². The van der Waals surface area contributed by atoms with Crippen LogP contribution in [-0.4, -0.2) is 0 Å². The van der Waals surface area contributed by atoms with Gasteiger partial charge >= 0.3 is 0 Å². The minimum atomic E-state index is 0.680. The zero-order valence-corrected chi connectivity index (χ0v) is 10.7. The molecule has 0 spiro atoms. The first-order valence-electron chi connectivity index (χ1n) is 6.64. The fourth-order valence-electron chi connectivity index (χ4n) is 5.19. The van der Waals surface area contributed by atoms with Crippen molar-refractivity contribution in [3.05, 3.63) is 11.1 Å². The van der Waals surface area contributed by atoms with Gasteiger partial charge < -0.3 is 0 Å². The van der Waals surface area contributed by atoms with Crippen LogP contribution in [-0.2, 0) is 0 Å². The molecule has 3 saturated carbocycles. The maximum absolute atomic E-state index is 2.59. The first-order valence-corrected chi connectivity index (χ1v) is 6.64. The van der Waals surface area contributed by atoms with Crippen molar-refractivity contribution in [1.29, 1.82) is 0 Å². The summed E-state index contributed by atoms with van der Waals surface area (Å²) in [5, 5.41) is 0. The lowest BCUT2D eigenvalue weighted by molar-refractivity contribution is 0.0670. The van der Waals surface area contributed by atoms with Crippen LogP contribution in [0.3, 0.4) is 0 Å². The van der Waals surface area contributed by atoms with Gasteiger partial charge in [-0.3, -0.25) is 0 Å². The lowest BCUT2D eigenvalue weighted by Gasteiger charge is -2.42. The molecule has 4 atom stereocenters. The molecule has 0 aliphatic heterocycles. The van der Waals surface area contributed by atoms with E-state index in [-0.39, 0.29) is 0 Å². The van der Waals surface area contributed by atoms with E-state index in [9.17, 15) is 0 Å². The molecular formula is C15H24.